The molecule has 0 bridgehead atoms. The summed E-state index contributed by atoms with van der Waals surface area (Å²) in [5.74, 6) is 3.05. The molecule has 0 amide bonds. The molecule has 0 saturated heterocycles. The lowest BCUT2D eigenvalue weighted by atomic mass is 10.1. The van der Waals surface area contributed by atoms with E-state index in [-0.39, 0.29) is 6.61 Å². The summed E-state index contributed by atoms with van der Waals surface area (Å²) in [5.41, 5.74) is 1.90. The monoisotopic (exact) mass is 276 g/mol. The molecule has 1 N–H and O–H groups in total. The zero-order valence-electron chi connectivity index (χ0n) is 11.9. The van der Waals surface area contributed by atoms with Gasteiger partial charge in [-0.25, -0.2) is 4.98 Å². The van der Waals surface area contributed by atoms with Crippen molar-refractivity contribution in [2.45, 2.75) is 26.8 Å². The van der Waals surface area contributed by atoms with Gasteiger partial charge in [-0.3, -0.25) is 0 Å². The first-order valence-corrected chi connectivity index (χ1v) is 7.08. The van der Waals surface area contributed by atoms with E-state index in [9.17, 15) is 5.11 Å². The van der Waals surface area contributed by atoms with Gasteiger partial charge in [0.05, 0.1) is 17.6 Å². The van der Waals surface area contributed by atoms with Crippen LogP contribution in [0.15, 0.2) is 12.1 Å². The minimum Gasteiger partial charge on any atom is -0.486 e. The van der Waals surface area contributed by atoms with Crippen molar-refractivity contribution >= 4 is 11.0 Å². The predicted molar refractivity (Wildman–Crippen MR) is 76.4 cm³/mol. The van der Waals surface area contributed by atoms with Crippen molar-refractivity contribution in [2.24, 2.45) is 5.92 Å². The van der Waals surface area contributed by atoms with Crippen molar-refractivity contribution in [3.05, 3.63) is 18.0 Å². The van der Waals surface area contributed by atoms with Crippen LogP contribution >= 0.6 is 0 Å². The van der Waals surface area contributed by atoms with Crippen molar-refractivity contribution in [3.63, 3.8) is 0 Å². The van der Waals surface area contributed by atoms with Crippen molar-refractivity contribution in [1.29, 1.82) is 0 Å². The summed E-state index contributed by atoms with van der Waals surface area (Å²) in [6.07, 6.45) is 0.890. The van der Waals surface area contributed by atoms with E-state index in [1.807, 2.05) is 12.1 Å². The second-order valence-electron chi connectivity index (χ2n) is 5.49. The molecule has 0 radical (unpaired) electrons. The molecule has 108 valence electrons. The number of nitrogens with zero attached hydrogens (tertiary/aromatic N) is 2. The van der Waals surface area contributed by atoms with Gasteiger partial charge in [0.1, 0.15) is 19.0 Å². The number of fused-ring (bicyclic) bond motifs is 2. The van der Waals surface area contributed by atoms with E-state index < -0.39 is 0 Å². The second kappa shape index (κ2) is 5.32. The molecule has 5 heteroatoms. The lowest BCUT2D eigenvalue weighted by molar-refractivity contribution is 0.172. The van der Waals surface area contributed by atoms with Gasteiger partial charge in [0, 0.05) is 25.1 Å². The Balaban J connectivity index is 2.12. The number of imidazole rings is 1. The first-order valence-electron chi connectivity index (χ1n) is 7.08. The Hall–Kier alpha value is -1.75. The van der Waals surface area contributed by atoms with Gasteiger partial charge in [-0.15, -0.1) is 0 Å². The van der Waals surface area contributed by atoms with Crippen LogP contribution in [0.1, 0.15) is 19.7 Å². The predicted octanol–water partition coefficient (Wildman–Crippen LogP) is 2.00. The molecule has 0 saturated carbocycles. The molecule has 3 rings (SSSR count). The first kappa shape index (κ1) is 13.2. The molecular formula is C15H20N2O3. The van der Waals surface area contributed by atoms with Crippen LogP contribution in [0.4, 0.5) is 0 Å². The number of rotatable bonds is 4. The van der Waals surface area contributed by atoms with E-state index >= 15 is 0 Å². The average molecular weight is 276 g/mol. The highest BCUT2D eigenvalue weighted by Crippen LogP contribution is 2.35. The summed E-state index contributed by atoms with van der Waals surface area (Å²) in [6, 6.07) is 3.90. The highest BCUT2D eigenvalue weighted by atomic mass is 16.6. The smallest absolute Gasteiger partial charge is 0.163 e. The Morgan fingerprint density at radius 2 is 1.95 bits per heavy atom. The molecule has 0 aliphatic carbocycles. The molecule has 0 unspecified atom stereocenters. The van der Waals surface area contributed by atoms with Crippen molar-refractivity contribution in [1.82, 2.24) is 9.55 Å². The van der Waals surface area contributed by atoms with E-state index in [1.54, 1.807) is 0 Å². The highest BCUT2D eigenvalue weighted by molar-refractivity contribution is 5.80. The zero-order valence-corrected chi connectivity index (χ0v) is 11.9. The van der Waals surface area contributed by atoms with Gasteiger partial charge in [-0.1, -0.05) is 13.8 Å². The van der Waals surface area contributed by atoms with Crippen LogP contribution in [0, 0.1) is 5.92 Å². The lowest BCUT2D eigenvalue weighted by Gasteiger charge is -2.18. The summed E-state index contributed by atoms with van der Waals surface area (Å²) in [5, 5.41) is 9.29. The van der Waals surface area contributed by atoms with E-state index in [1.165, 1.54) is 0 Å². The van der Waals surface area contributed by atoms with Crippen LogP contribution in [-0.2, 0) is 13.0 Å². The van der Waals surface area contributed by atoms with Crippen LogP contribution in [0.2, 0.25) is 0 Å². The van der Waals surface area contributed by atoms with E-state index in [0.29, 0.717) is 25.7 Å². The molecule has 20 heavy (non-hydrogen) atoms. The number of aliphatic hydroxyl groups is 1. The maximum atomic E-state index is 9.29. The molecule has 0 atom stereocenters. The summed E-state index contributed by atoms with van der Waals surface area (Å²) in [7, 11) is 0. The fourth-order valence-electron chi connectivity index (χ4n) is 2.58. The fraction of sp³-hybridized carbons (Fsp3) is 0.533. The lowest BCUT2D eigenvalue weighted by Crippen LogP contribution is -2.15. The summed E-state index contributed by atoms with van der Waals surface area (Å²) in [4.78, 5) is 4.70. The van der Waals surface area contributed by atoms with Crippen molar-refractivity contribution < 1.29 is 14.6 Å². The van der Waals surface area contributed by atoms with Crippen LogP contribution in [-0.4, -0.2) is 34.5 Å². The molecule has 1 aromatic heterocycles. The van der Waals surface area contributed by atoms with Gasteiger partial charge < -0.3 is 19.1 Å². The standard InChI is InChI=1S/C15H20N2O3/c1-10(2)7-15-16-11-8-13-14(20-6-5-19-13)9-12(11)17(15)3-4-18/h8-10,18H,3-7H2,1-2H3. The summed E-state index contributed by atoms with van der Waals surface area (Å²) in [6.45, 7) is 6.14. The first-order chi connectivity index (χ1) is 9.69. The van der Waals surface area contributed by atoms with Crippen molar-refractivity contribution in [3.8, 4) is 11.5 Å². The molecule has 2 heterocycles. The molecule has 2 aromatic rings. The third-order valence-corrected chi connectivity index (χ3v) is 3.41. The Kier molecular flexibility index (Phi) is 3.53. The number of aromatic nitrogens is 2. The van der Waals surface area contributed by atoms with Gasteiger partial charge >= 0.3 is 0 Å². The van der Waals surface area contributed by atoms with Crippen LogP contribution in [0.3, 0.4) is 0 Å². The third-order valence-electron chi connectivity index (χ3n) is 3.41. The van der Waals surface area contributed by atoms with Gasteiger partial charge in [-0.2, -0.15) is 0 Å². The number of aliphatic hydroxyl groups excluding tert-OH is 1. The Morgan fingerprint density at radius 3 is 2.60 bits per heavy atom. The molecule has 1 aliphatic rings. The van der Waals surface area contributed by atoms with E-state index in [0.717, 1.165) is 34.8 Å². The third kappa shape index (κ3) is 2.33. The fourth-order valence-corrected chi connectivity index (χ4v) is 2.58. The average Bonchev–Trinajstić information content (AvgIpc) is 2.73. The highest BCUT2D eigenvalue weighted by Gasteiger charge is 2.18. The van der Waals surface area contributed by atoms with Gasteiger partial charge in [0.25, 0.3) is 0 Å². The van der Waals surface area contributed by atoms with Gasteiger partial charge in [-0.05, 0) is 5.92 Å². The number of hydrogen-bond acceptors (Lipinski definition) is 4. The summed E-state index contributed by atoms with van der Waals surface area (Å²) < 4.78 is 13.3. The van der Waals surface area contributed by atoms with E-state index in [4.69, 9.17) is 14.5 Å². The summed E-state index contributed by atoms with van der Waals surface area (Å²) >= 11 is 0. The van der Waals surface area contributed by atoms with Crippen LogP contribution in [0.5, 0.6) is 11.5 Å². The van der Waals surface area contributed by atoms with Crippen molar-refractivity contribution in [2.75, 3.05) is 19.8 Å². The maximum Gasteiger partial charge on any atom is 0.163 e. The topological polar surface area (TPSA) is 56.5 Å². The largest absolute Gasteiger partial charge is 0.486 e. The number of ether oxygens (including phenoxy) is 2. The minimum atomic E-state index is 0.102. The molecule has 1 aliphatic heterocycles. The number of benzene rings is 1. The minimum absolute atomic E-state index is 0.102. The maximum absolute atomic E-state index is 9.29. The zero-order chi connectivity index (χ0) is 14.1. The Labute approximate surface area is 118 Å². The van der Waals surface area contributed by atoms with Crippen LogP contribution < -0.4 is 9.47 Å². The molecule has 0 spiro atoms. The Bertz CT molecular complexity index is 619. The van der Waals surface area contributed by atoms with Gasteiger partial charge in [0.15, 0.2) is 11.5 Å². The SMILES string of the molecule is CC(C)Cc1nc2cc3c(cc2n1CCO)OCCO3. The van der Waals surface area contributed by atoms with E-state index in [2.05, 4.69) is 18.4 Å². The Morgan fingerprint density at radius 1 is 1.25 bits per heavy atom. The molecule has 5 nitrogen and oxygen atoms in total. The molecular weight excluding hydrogens is 256 g/mol. The normalized spacial score (nSPS) is 14.2. The second-order valence-corrected chi connectivity index (χ2v) is 5.49. The molecule has 0 fully saturated rings. The number of hydrogen-bond donors (Lipinski definition) is 1. The molecule has 1 aromatic carbocycles. The van der Waals surface area contributed by atoms with Crippen LogP contribution in [0.25, 0.3) is 11.0 Å². The quantitative estimate of drug-likeness (QED) is 0.928. The van der Waals surface area contributed by atoms with Gasteiger partial charge in [0.2, 0.25) is 0 Å².